The number of nitrogens with one attached hydrogen (secondary N) is 1. The third-order valence-electron chi connectivity index (χ3n) is 5.68. The number of fused-ring (bicyclic) bond motifs is 1. The minimum atomic E-state index is -2.07. The molecule has 5 nitrogen and oxygen atoms in total. The average molecular weight is 388 g/mol. The van der Waals surface area contributed by atoms with Crippen LogP contribution in [0.1, 0.15) is 63.5 Å². The van der Waals surface area contributed by atoms with Crippen molar-refractivity contribution in [3.8, 4) is 0 Å². The Morgan fingerprint density at radius 2 is 1.93 bits per heavy atom. The first-order valence-electron chi connectivity index (χ1n) is 10.3. The first kappa shape index (κ1) is 22.2. The fourth-order valence-corrected chi connectivity index (χ4v) is 4.37. The highest BCUT2D eigenvalue weighted by Gasteiger charge is 2.28. The smallest absolute Gasteiger partial charge is 0.351 e. The summed E-state index contributed by atoms with van der Waals surface area (Å²) in [7, 11) is 0. The van der Waals surface area contributed by atoms with Gasteiger partial charge in [-0.25, -0.2) is 4.79 Å². The van der Waals surface area contributed by atoms with Crippen molar-refractivity contribution < 1.29 is 24.7 Å². The summed E-state index contributed by atoms with van der Waals surface area (Å²) in [5.74, 6) is -4.01. The zero-order valence-electron chi connectivity index (χ0n) is 17.1. The molecular weight excluding hydrogens is 354 g/mol. The number of aryl methyl sites for hydroxylation is 1. The van der Waals surface area contributed by atoms with Crippen LogP contribution in [0.2, 0.25) is 0 Å². The fraction of sp³-hybridized carbons (Fsp3) is 0.565. The highest BCUT2D eigenvalue weighted by molar-refractivity contribution is 6.26. The van der Waals surface area contributed by atoms with E-state index >= 15 is 0 Å². The fourth-order valence-electron chi connectivity index (χ4n) is 4.37. The van der Waals surface area contributed by atoms with Crippen LogP contribution in [0.15, 0.2) is 30.3 Å². The first-order chi connectivity index (χ1) is 13.3. The second-order valence-corrected chi connectivity index (χ2v) is 8.67. The molecule has 154 valence electrons. The number of aliphatic carboxylic acids is 2. The monoisotopic (exact) mass is 387 g/mol. The summed E-state index contributed by atoms with van der Waals surface area (Å²) in [5, 5.41) is 16.3. The Labute approximate surface area is 168 Å². The van der Waals surface area contributed by atoms with Crippen LogP contribution in [0, 0.1) is 5.41 Å². The number of quaternary nitrogens is 1. The van der Waals surface area contributed by atoms with Gasteiger partial charge in [-0.05, 0) is 61.6 Å². The van der Waals surface area contributed by atoms with Gasteiger partial charge in [0.15, 0.2) is 5.97 Å². The summed E-state index contributed by atoms with van der Waals surface area (Å²) in [5.41, 5.74) is 5.26. The Morgan fingerprint density at radius 3 is 2.61 bits per heavy atom. The summed E-state index contributed by atoms with van der Waals surface area (Å²) in [6, 6.07) is 9.00. The van der Waals surface area contributed by atoms with Gasteiger partial charge in [0, 0.05) is 5.41 Å². The number of unbranched alkanes of at least 4 members (excludes halogenated alkanes) is 1. The lowest BCUT2D eigenvalue weighted by atomic mass is 9.84. The van der Waals surface area contributed by atoms with Crippen LogP contribution < -0.4 is 10.0 Å². The van der Waals surface area contributed by atoms with E-state index in [2.05, 4.69) is 44.2 Å². The van der Waals surface area contributed by atoms with E-state index < -0.39 is 11.9 Å². The molecule has 1 unspecified atom stereocenters. The lowest BCUT2D eigenvalue weighted by Gasteiger charge is -2.35. The predicted octanol–water partition coefficient (Wildman–Crippen LogP) is 1.71. The van der Waals surface area contributed by atoms with Gasteiger partial charge in [0.05, 0.1) is 19.6 Å². The van der Waals surface area contributed by atoms with Crippen molar-refractivity contribution >= 4 is 17.5 Å². The molecule has 0 saturated carbocycles. The maximum absolute atomic E-state index is 9.04. The number of benzene rings is 1. The molecule has 1 atom stereocenters. The summed E-state index contributed by atoms with van der Waals surface area (Å²) >= 11 is 0. The van der Waals surface area contributed by atoms with Crippen LogP contribution in [0.4, 0.5) is 0 Å². The quantitative estimate of drug-likeness (QED) is 0.595. The molecule has 1 aromatic carbocycles. The number of piperidine rings is 1. The molecule has 2 N–H and O–H groups in total. The van der Waals surface area contributed by atoms with Crippen molar-refractivity contribution in [2.24, 2.45) is 5.41 Å². The minimum Gasteiger partial charge on any atom is -0.539 e. The molecule has 0 spiro atoms. The van der Waals surface area contributed by atoms with Crippen LogP contribution in [0.25, 0.3) is 5.57 Å². The summed E-state index contributed by atoms with van der Waals surface area (Å²) < 4.78 is 0. The molecule has 1 heterocycles. The van der Waals surface area contributed by atoms with Crippen molar-refractivity contribution in [3.05, 3.63) is 41.5 Å². The van der Waals surface area contributed by atoms with Crippen LogP contribution in [0.3, 0.4) is 0 Å². The van der Waals surface area contributed by atoms with Gasteiger partial charge < -0.3 is 19.9 Å². The van der Waals surface area contributed by atoms with Crippen LogP contribution in [-0.2, 0) is 16.0 Å². The van der Waals surface area contributed by atoms with Gasteiger partial charge in [0.25, 0.3) is 0 Å². The van der Waals surface area contributed by atoms with E-state index in [4.69, 9.17) is 19.8 Å². The van der Waals surface area contributed by atoms with E-state index in [9.17, 15) is 0 Å². The maximum atomic E-state index is 9.04. The number of rotatable bonds is 5. The van der Waals surface area contributed by atoms with E-state index in [1.165, 1.54) is 70.1 Å². The normalized spacial score (nSPS) is 20.2. The third kappa shape index (κ3) is 7.12. The molecule has 1 aromatic rings. The second-order valence-electron chi connectivity index (χ2n) is 8.67. The molecular formula is C23H33NO4. The Kier molecular flexibility index (Phi) is 8.24. The van der Waals surface area contributed by atoms with E-state index in [0.29, 0.717) is 5.41 Å². The number of carboxylic acid groups (broad SMARTS) is 2. The lowest BCUT2D eigenvalue weighted by Crippen LogP contribution is -3.14. The molecule has 3 rings (SSSR count). The Hall–Kier alpha value is -2.14. The predicted molar refractivity (Wildman–Crippen MR) is 108 cm³/mol. The molecule has 1 aliphatic carbocycles. The topological polar surface area (TPSA) is 81.9 Å². The van der Waals surface area contributed by atoms with Gasteiger partial charge in [0.1, 0.15) is 0 Å². The van der Waals surface area contributed by atoms with Crippen molar-refractivity contribution in [2.45, 2.75) is 58.8 Å². The van der Waals surface area contributed by atoms with Crippen LogP contribution in [0.5, 0.6) is 0 Å². The molecule has 28 heavy (non-hydrogen) atoms. The van der Waals surface area contributed by atoms with Gasteiger partial charge >= 0.3 is 5.97 Å². The van der Waals surface area contributed by atoms with Gasteiger partial charge in [-0.2, -0.15) is 0 Å². The Morgan fingerprint density at radius 1 is 1.21 bits per heavy atom. The largest absolute Gasteiger partial charge is 0.539 e. The number of carbonyl (C=O) groups is 2. The number of hydrogen-bond donors (Lipinski definition) is 2. The van der Waals surface area contributed by atoms with Gasteiger partial charge in [0.2, 0.25) is 0 Å². The molecule has 1 fully saturated rings. The van der Waals surface area contributed by atoms with E-state index in [1.54, 1.807) is 11.1 Å². The number of allylic oxidation sites excluding steroid dienone is 2. The number of carbonyl (C=O) groups excluding carboxylic acids is 1. The summed E-state index contributed by atoms with van der Waals surface area (Å²) in [6.07, 6.45) is 11.8. The molecule has 1 aliphatic heterocycles. The Bertz CT molecular complexity index is 696. The zero-order chi connectivity index (χ0) is 20.6. The average Bonchev–Trinajstić information content (AvgIpc) is 2.65. The molecule has 0 radical (unpaired) electrons. The molecule has 2 aliphatic rings. The number of likely N-dealkylation sites (tertiary alicyclic amines) is 1. The molecule has 0 bridgehead atoms. The van der Waals surface area contributed by atoms with E-state index in [-0.39, 0.29) is 0 Å². The SMILES string of the molecule is CC1(C)CCC[NH+](CCCCC2=CCCc3ccccc32)C1.O=C([O-])C(=O)O. The third-order valence-corrected chi connectivity index (χ3v) is 5.68. The van der Waals surface area contributed by atoms with Gasteiger partial charge in [-0.15, -0.1) is 0 Å². The highest BCUT2D eigenvalue weighted by Crippen LogP contribution is 2.29. The van der Waals surface area contributed by atoms with Crippen molar-refractivity contribution in [1.82, 2.24) is 0 Å². The number of carboxylic acids is 2. The second kappa shape index (κ2) is 10.4. The van der Waals surface area contributed by atoms with Crippen molar-refractivity contribution in [2.75, 3.05) is 19.6 Å². The molecule has 5 heteroatoms. The standard InChI is InChI=1S/C21H31N.C2H2O4/c1-21(2)14-8-16-22(17-21)15-6-5-10-19-12-7-11-18-9-3-4-13-20(18)19;3-1(4)2(5)6/h3-4,9,12-13H,5-8,10-11,14-17H2,1-2H3;(H,3,4)(H,5,6). The maximum Gasteiger partial charge on any atom is 0.351 e. The Balaban J connectivity index is 0.000000409. The summed E-state index contributed by atoms with van der Waals surface area (Å²) in [6.45, 7) is 9.03. The first-order valence-corrected chi connectivity index (χ1v) is 10.3. The van der Waals surface area contributed by atoms with Gasteiger partial charge in [-0.1, -0.05) is 44.2 Å². The molecule has 1 saturated heterocycles. The van der Waals surface area contributed by atoms with Crippen molar-refractivity contribution in [3.63, 3.8) is 0 Å². The lowest BCUT2D eigenvalue weighted by molar-refractivity contribution is -0.912. The van der Waals surface area contributed by atoms with E-state index in [1.807, 2.05) is 4.90 Å². The van der Waals surface area contributed by atoms with Crippen LogP contribution in [-0.4, -0.2) is 36.7 Å². The summed E-state index contributed by atoms with van der Waals surface area (Å²) in [4.78, 5) is 19.9. The van der Waals surface area contributed by atoms with Gasteiger partial charge in [-0.3, -0.25) is 0 Å². The van der Waals surface area contributed by atoms with Crippen LogP contribution >= 0.6 is 0 Å². The number of hydrogen-bond acceptors (Lipinski definition) is 3. The minimum absolute atomic E-state index is 0.568. The van der Waals surface area contributed by atoms with E-state index in [0.717, 1.165) is 0 Å². The zero-order valence-corrected chi connectivity index (χ0v) is 17.1. The van der Waals surface area contributed by atoms with Crippen molar-refractivity contribution in [1.29, 1.82) is 0 Å². The molecule has 0 aromatic heterocycles. The highest BCUT2D eigenvalue weighted by atomic mass is 16.4. The molecule has 0 amide bonds.